The van der Waals surface area contributed by atoms with E-state index in [-0.39, 0.29) is 0 Å². The minimum Gasteiger partial charge on any atom is -0.349 e. The van der Waals surface area contributed by atoms with Gasteiger partial charge < -0.3 is 15.5 Å². The van der Waals surface area contributed by atoms with E-state index < -0.39 is 23.5 Å². The molecule has 1 heterocycles. The number of nitrogens with one attached hydrogen (secondary N) is 1. The van der Waals surface area contributed by atoms with Crippen molar-refractivity contribution in [3.8, 4) is 0 Å². The molecule has 0 radical (unpaired) electrons. The lowest BCUT2D eigenvalue weighted by molar-refractivity contribution is -0.535. The van der Waals surface area contributed by atoms with Crippen molar-refractivity contribution in [1.82, 2.24) is 5.32 Å². The maximum absolute atomic E-state index is 12.2. The van der Waals surface area contributed by atoms with Gasteiger partial charge in [-0.25, -0.2) is 9.78 Å². The normalized spacial score (nSPS) is 27.6. The molecule has 20 heavy (non-hydrogen) atoms. The van der Waals surface area contributed by atoms with Crippen LogP contribution in [0.5, 0.6) is 0 Å². The Balaban J connectivity index is 2.12. The van der Waals surface area contributed by atoms with Gasteiger partial charge in [-0.1, -0.05) is 6.42 Å². The van der Waals surface area contributed by atoms with Crippen molar-refractivity contribution in [1.29, 1.82) is 0 Å². The maximum atomic E-state index is 12.2. The fourth-order valence-electron chi connectivity index (χ4n) is 2.44. The van der Waals surface area contributed by atoms with E-state index in [2.05, 4.69) is 5.32 Å². The predicted molar refractivity (Wildman–Crippen MR) is 64.4 cm³/mol. The standard InChI is InChI=1S/C12H21NO7/c1-11(15,16)13-10(14)9-5-2-3-6-12(9)19-17-7-4-8-18-20-12/h9,15-16H,2-8H2,1H3,(H,13,14). The number of aliphatic hydroxyl groups is 2. The van der Waals surface area contributed by atoms with Crippen LogP contribution in [0, 0.1) is 5.92 Å². The summed E-state index contributed by atoms with van der Waals surface area (Å²) in [6, 6.07) is 0. The first-order valence-electron chi connectivity index (χ1n) is 6.81. The number of carbonyl (C=O) groups excluding carboxylic acids is 1. The van der Waals surface area contributed by atoms with Crippen LogP contribution in [-0.2, 0) is 24.3 Å². The van der Waals surface area contributed by atoms with E-state index in [0.717, 1.165) is 19.8 Å². The van der Waals surface area contributed by atoms with E-state index in [1.165, 1.54) is 0 Å². The Bertz CT molecular complexity index is 333. The lowest BCUT2D eigenvalue weighted by Crippen LogP contribution is -2.57. The van der Waals surface area contributed by atoms with Gasteiger partial charge in [-0.05, 0) is 12.8 Å². The molecule has 2 fully saturated rings. The van der Waals surface area contributed by atoms with Gasteiger partial charge in [-0.2, -0.15) is 9.78 Å². The molecule has 1 amide bonds. The Morgan fingerprint density at radius 1 is 1.20 bits per heavy atom. The highest BCUT2D eigenvalue weighted by atomic mass is 17.3. The van der Waals surface area contributed by atoms with E-state index in [9.17, 15) is 15.0 Å². The molecule has 0 aromatic heterocycles. The summed E-state index contributed by atoms with van der Waals surface area (Å²) in [5.74, 6) is -4.95. The van der Waals surface area contributed by atoms with Gasteiger partial charge in [0.05, 0.1) is 19.1 Å². The number of rotatable bonds is 2. The van der Waals surface area contributed by atoms with Gasteiger partial charge in [-0.15, -0.1) is 0 Å². The minimum atomic E-state index is -2.29. The van der Waals surface area contributed by atoms with Crippen LogP contribution in [0.2, 0.25) is 0 Å². The van der Waals surface area contributed by atoms with Crippen LogP contribution >= 0.6 is 0 Å². The molecule has 0 aromatic carbocycles. The summed E-state index contributed by atoms with van der Waals surface area (Å²) < 4.78 is 0. The molecule has 0 aromatic rings. The molecule has 1 atom stereocenters. The second-order valence-corrected chi connectivity index (χ2v) is 5.28. The third kappa shape index (κ3) is 3.87. The Labute approximate surface area is 116 Å². The maximum Gasteiger partial charge on any atom is 0.245 e. The summed E-state index contributed by atoms with van der Waals surface area (Å²) in [5, 5.41) is 20.7. The average molecular weight is 291 g/mol. The number of hydrogen-bond acceptors (Lipinski definition) is 7. The smallest absolute Gasteiger partial charge is 0.245 e. The Morgan fingerprint density at radius 3 is 2.45 bits per heavy atom. The van der Waals surface area contributed by atoms with Gasteiger partial charge in [-0.3, -0.25) is 4.79 Å². The van der Waals surface area contributed by atoms with Crippen LogP contribution in [0.3, 0.4) is 0 Å². The SMILES string of the molecule is CC(O)(O)NC(=O)C1CCCCC12OOCCCOO2. The van der Waals surface area contributed by atoms with Gasteiger partial charge in [0.1, 0.15) is 0 Å². The van der Waals surface area contributed by atoms with Crippen LogP contribution in [0.1, 0.15) is 39.0 Å². The fraction of sp³-hybridized carbons (Fsp3) is 0.917. The Kier molecular flexibility index (Phi) is 4.95. The molecular weight excluding hydrogens is 270 g/mol. The van der Waals surface area contributed by atoms with Crippen LogP contribution in [0.4, 0.5) is 0 Å². The zero-order chi connectivity index (χ0) is 14.6. The van der Waals surface area contributed by atoms with Crippen LogP contribution in [0.15, 0.2) is 0 Å². The highest BCUT2D eigenvalue weighted by molar-refractivity contribution is 5.80. The van der Waals surface area contributed by atoms with Gasteiger partial charge in [0.2, 0.25) is 17.6 Å². The number of amides is 1. The first kappa shape index (κ1) is 15.6. The van der Waals surface area contributed by atoms with Gasteiger partial charge in [0, 0.05) is 19.8 Å². The van der Waals surface area contributed by atoms with E-state index in [1.807, 2.05) is 0 Å². The molecule has 0 bridgehead atoms. The van der Waals surface area contributed by atoms with Crippen molar-refractivity contribution >= 4 is 5.91 Å². The fourth-order valence-corrected chi connectivity index (χ4v) is 2.44. The molecular formula is C12H21NO7. The van der Waals surface area contributed by atoms with E-state index >= 15 is 0 Å². The predicted octanol–water partition coefficient (Wildman–Crippen LogP) is -0.0525. The molecule has 3 N–H and O–H groups in total. The third-order valence-electron chi connectivity index (χ3n) is 3.33. The first-order valence-corrected chi connectivity index (χ1v) is 6.81. The molecule has 2 rings (SSSR count). The van der Waals surface area contributed by atoms with Crippen molar-refractivity contribution in [2.24, 2.45) is 5.92 Å². The molecule has 1 aliphatic heterocycles. The van der Waals surface area contributed by atoms with Gasteiger partial charge in [0.25, 0.3) is 0 Å². The average Bonchev–Trinajstić information content (AvgIpc) is 2.32. The molecule has 2 aliphatic rings. The third-order valence-corrected chi connectivity index (χ3v) is 3.33. The molecule has 1 spiro atoms. The van der Waals surface area contributed by atoms with Crippen LogP contribution < -0.4 is 5.32 Å². The summed E-state index contributed by atoms with van der Waals surface area (Å²) in [5.41, 5.74) is 0. The van der Waals surface area contributed by atoms with Gasteiger partial charge >= 0.3 is 0 Å². The molecule has 1 aliphatic carbocycles. The number of carbonyl (C=O) groups is 1. The van der Waals surface area contributed by atoms with E-state index in [0.29, 0.717) is 32.5 Å². The van der Waals surface area contributed by atoms with Crippen molar-refractivity contribution in [2.45, 2.75) is 50.7 Å². The van der Waals surface area contributed by atoms with E-state index in [1.54, 1.807) is 0 Å². The van der Waals surface area contributed by atoms with Crippen LogP contribution in [0.25, 0.3) is 0 Å². The molecule has 1 saturated carbocycles. The second-order valence-electron chi connectivity index (χ2n) is 5.28. The molecule has 1 saturated heterocycles. The van der Waals surface area contributed by atoms with Crippen molar-refractivity contribution in [3.05, 3.63) is 0 Å². The van der Waals surface area contributed by atoms with E-state index in [4.69, 9.17) is 19.6 Å². The Hall–Kier alpha value is -0.770. The Morgan fingerprint density at radius 2 is 1.85 bits per heavy atom. The van der Waals surface area contributed by atoms with Crippen molar-refractivity contribution in [2.75, 3.05) is 13.2 Å². The lowest BCUT2D eigenvalue weighted by atomic mass is 9.82. The molecule has 8 heteroatoms. The monoisotopic (exact) mass is 291 g/mol. The zero-order valence-corrected chi connectivity index (χ0v) is 11.5. The summed E-state index contributed by atoms with van der Waals surface area (Å²) in [6.07, 6.45) is 3.14. The second kappa shape index (κ2) is 6.33. The zero-order valence-electron chi connectivity index (χ0n) is 11.5. The highest BCUT2D eigenvalue weighted by Crippen LogP contribution is 2.39. The quantitative estimate of drug-likeness (QED) is 0.483. The van der Waals surface area contributed by atoms with Gasteiger partial charge in [0.15, 0.2) is 0 Å². The lowest BCUT2D eigenvalue weighted by Gasteiger charge is -2.40. The van der Waals surface area contributed by atoms with Crippen molar-refractivity contribution in [3.63, 3.8) is 0 Å². The molecule has 8 nitrogen and oxygen atoms in total. The van der Waals surface area contributed by atoms with Crippen molar-refractivity contribution < 1.29 is 34.6 Å². The first-order chi connectivity index (χ1) is 9.43. The summed E-state index contributed by atoms with van der Waals surface area (Å²) in [6.45, 7) is 1.75. The highest BCUT2D eigenvalue weighted by Gasteiger charge is 2.51. The summed E-state index contributed by atoms with van der Waals surface area (Å²) >= 11 is 0. The number of hydrogen-bond donors (Lipinski definition) is 3. The summed E-state index contributed by atoms with van der Waals surface area (Å²) in [7, 11) is 0. The topological polar surface area (TPSA) is 106 Å². The largest absolute Gasteiger partial charge is 0.349 e. The summed E-state index contributed by atoms with van der Waals surface area (Å²) in [4.78, 5) is 32.9. The molecule has 1 unspecified atom stereocenters. The molecule has 116 valence electrons. The minimum absolute atomic E-state index is 0.344. The van der Waals surface area contributed by atoms with Crippen LogP contribution in [-0.4, -0.2) is 41.0 Å².